The lowest BCUT2D eigenvalue weighted by atomic mass is 9.91. The van der Waals surface area contributed by atoms with Crippen molar-refractivity contribution in [2.75, 3.05) is 26.2 Å². The van der Waals surface area contributed by atoms with E-state index in [-0.39, 0.29) is 11.8 Å². The largest absolute Gasteiger partial charge is 0.369 e. The third-order valence-corrected chi connectivity index (χ3v) is 3.18. The van der Waals surface area contributed by atoms with Crippen molar-refractivity contribution in [3.8, 4) is 0 Å². The number of hydrogen-bond donors (Lipinski definition) is 2. The second-order valence-corrected chi connectivity index (χ2v) is 4.03. The second-order valence-electron chi connectivity index (χ2n) is 4.03. The maximum atomic E-state index is 11.0. The Labute approximate surface area is 78.5 Å². The van der Waals surface area contributed by atoms with Gasteiger partial charge in [-0.05, 0) is 12.8 Å². The fourth-order valence-electron chi connectivity index (χ4n) is 2.33. The predicted molar refractivity (Wildman–Crippen MR) is 50.1 cm³/mol. The highest BCUT2D eigenvalue weighted by Gasteiger charge is 2.31. The van der Waals surface area contributed by atoms with Crippen molar-refractivity contribution < 1.29 is 4.79 Å². The van der Waals surface area contributed by atoms with Crippen LogP contribution in [0.5, 0.6) is 0 Å². The first-order chi connectivity index (χ1) is 6.27. The normalized spacial score (nSPS) is 35.4. The van der Waals surface area contributed by atoms with Crippen LogP contribution < -0.4 is 11.1 Å². The van der Waals surface area contributed by atoms with Gasteiger partial charge in [0.05, 0.1) is 5.92 Å². The Balaban J connectivity index is 1.95. The van der Waals surface area contributed by atoms with Crippen LogP contribution in [0.15, 0.2) is 0 Å². The topological polar surface area (TPSA) is 58.4 Å². The number of rotatable bonds is 1. The first-order valence-corrected chi connectivity index (χ1v) is 5.01. The van der Waals surface area contributed by atoms with E-state index < -0.39 is 0 Å². The Morgan fingerprint density at radius 3 is 3.08 bits per heavy atom. The van der Waals surface area contributed by atoms with Gasteiger partial charge in [0.25, 0.3) is 0 Å². The van der Waals surface area contributed by atoms with Crippen molar-refractivity contribution in [2.45, 2.75) is 18.9 Å². The minimum Gasteiger partial charge on any atom is -0.369 e. The van der Waals surface area contributed by atoms with Crippen molar-refractivity contribution in [3.63, 3.8) is 0 Å². The van der Waals surface area contributed by atoms with E-state index in [0.29, 0.717) is 6.04 Å². The van der Waals surface area contributed by atoms with E-state index in [2.05, 4.69) is 10.2 Å². The molecule has 0 aromatic rings. The molecule has 4 nitrogen and oxygen atoms in total. The Morgan fingerprint density at radius 2 is 2.31 bits per heavy atom. The molecule has 74 valence electrons. The van der Waals surface area contributed by atoms with Gasteiger partial charge >= 0.3 is 0 Å². The van der Waals surface area contributed by atoms with Crippen molar-refractivity contribution in [2.24, 2.45) is 11.7 Å². The van der Waals surface area contributed by atoms with Gasteiger partial charge in [0.1, 0.15) is 0 Å². The van der Waals surface area contributed by atoms with E-state index in [9.17, 15) is 4.79 Å². The summed E-state index contributed by atoms with van der Waals surface area (Å²) in [5, 5.41) is 3.37. The summed E-state index contributed by atoms with van der Waals surface area (Å²) in [6, 6.07) is 0.643. The number of amides is 1. The van der Waals surface area contributed by atoms with Crippen LogP contribution in [0.25, 0.3) is 0 Å². The standard InChI is InChI=1S/C9H17N3O/c10-9(13)7-1-2-8-5-11-3-4-12(8)6-7/h7-8,11H,1-6H2,(H2,10,13). The Morgan fingerprint density at radius 1 is 1.46 bits per heavy atom. The third-order valence-electron chi connectivity index (χ3n) is 3.18. The van der Waals surface area contributed by atoms with Gasteiger partial charge in [-0.25, -0.2) is 0 Å². The van der Waals surface area contributed by atoms with Crippen LogP contribution in [0, 0.1) is 5.92 Å². The maximum absolute atomic E-state index is 11.0. The third kappa shape index (κ3) is 1.84. The Kier molecular flexibility index (Phi) is 2.51. The zero-order valence-electron chi connectivity index (χ0n) is 7.83. The lowest BCUT2D eigenvalue weighted by Gasteiger charge is -2.41. The van der Waals surface area contributed by atoms with Gasteiger partial charge < -0.3 is 11.1 Å². The van der Waals surface area contributed by atoms with Crippen LogP contribution in [0.4, 0.5) is 0 Å². The van der Waals surface area contributed by atoms with E-state index in [0.717, 1.165) is 39.0 Å². The summed E-state index contributed by atoms with van der Waals surface area (Å²) < 4.78 is 0. The molecule has 0 aliphatic carbocycles. The van der Waals surface area contributed by atoms with Crippen LogP contribution in [0.3, 0.4) is 0 Å². The molecule has 2 fully saturated rings. The molecule has 4 heteroatoms. The van der Waals surface area contributed by atoms with E-state index in [4.69, 9.17) is 5.73 Å². The molecule has 2 heterocycles. The SMILES string of the molecule is NC(=O)C1CCC2CNCCN2C1. The van der Waals surface area contributed by atoms with Crippen molar-refractivity contribution in [1.82, 2.24) is 10.2 Å². The van der Waals surface area contributed by atoms with Gasteiger partial charge in [-0.1, -0.05) is 0 Å². The van der Waals surface area contributed by atoms with Crippen LogP contribution in [0.1, 0.15) is 12.8 Å². The molecule has 3 N–H and O–H groups in total. The van der Waals surface area contributed by atoms with Gasteiger partial charge in [-0.3, -0.25) is 9.69 Å². The number of nitrogens with one attached hydrogen (secondary N) is 1. The van der Waals surface area contributed by atoms with Gasteiger partial charge in [-0.15, -0.1) is 0 Å². The van der Waals surface area contributed by atoms with Crippen molar-refractivity contribution in [1.29, 1.82) is 0 Å². The molecule has 0 saturated carbocycles. The molecule has 13 heavy (non-hydrogen) atoms. The Bertz CT molecular complexity index is 207. The number of fused-ring (bicyclic) bond motifs is 1. The van der Waals surface area contributed by atoms with Gasteiger partial charge in [0.2, 0.25) is 5.91 Å². The summed E-state index contributed by atoms with van der Waals surface area (Å²) in [5.41, 5.74) is 5.31. The molecule has 0 aromatic carbocycles. The summed E-state index contributed by atoms with van der Waals surface area (Å²) in [7, 11) is 0. The fraction of sp³-hybridized carbons (Fsp3) is 0.889. The summed E-state index contributed by atoms with van der Waals surface area (Å²) in [6.07, 6.45) is 2.08. The van der Waals surface area contributed by atoms with Gasteiger partial charge in [0, 0.05) is 32.2 Å². The summed E-state index contributed by atoms with van der Waals surface area (Å²) in [6.45, 7) is 4.06. The molecule has 0 radical (unpaired) electrons. The summed E-state index contributed by atoms with van der Waals surface area (Å²) in [5.74, 6) is -0.0358. The first-order valence-electron chi connectivity index (χ1n) is 5.01. The van der Waals surface area contributed by atoms with Crippen LogP contribution >= 0.6 is 0 Å². The molecular weight excluding hydrogens is 166 g/mol. The number of primary amides is 1. The quantitative estimate of drug-likeness (QED) is 0.557. The Hall–Kier alpha value is -0.610. The molecule has 2 rings (SSSR count). The minimum atomic E-state index is -0.128. The zero-order valence-corrected chi connectivity index (χ0v) is 7.83. The molecule has 2 aliphatic heterocycles. The molecule has 2 saturated heterocycles. The van der Waals surface area contributed by atoms with Gasteiger partial charge in [-0.2, -0.15) is 0 Å². The molecule has 0 spiro atoms. The highest BCUT2D eigenvalue weighted by molar-refractivity contribution is 5.77. The van der Waals surface area contributed by atoms with Crippen LogP contribution in [0.2, 0.25) is 0 Å². The van der Waals surface area contributed by atoms with E-state index in [1.807, 2.05) is 0 Å². The van der Waals surface area contributed by atoms with E-state index in [1.54, 1.807) is 0 Å². The molecule has 0 bridgehead atoms. The average Bonchev–Trinajstić information content (AvgIpc) is 2.17. The lowest BCUT2D eigenvalue weighted by molar-refractivity contribution is -0.124. The second kappa shape index (κ2) is 3.64. The highest BCUT2D eigenvalue weighted by atomic mass is 16.1. The number of carbonyl (C=O) groups excluding carboxylic acids is 1. The predicted octanol–water partition coefficient (Wildman–Crippen LogP) is -0.844. The maximum Gasteiger partial charge on any atom is 0.221 e. The smallest absolute Gasteiger partial charge is 0.221 e. The molecule has 2 atom stereocenters. The number of carbonyl (C=O) groups is 1. The molecule has 0 aromatic heterocycles. The number of nitrogens with zero attached hydrogens (tertiary/aromatic N) is 1. The highest BCUT2D eigenvalue weighted by Crippen LogP contribution is 2.22. The monoisotopic (exact) mass is 183 g/mol. The minimum absolute atomic E-state index is 0.0920. The number of piperazine rings is 1. The number of nitrogens with two attached hydrogens (primary N) is 1. The van der Waals surface area contributed by atoms with E-state index >= 15 is 0 Å². The zero-order chi connectivity index (χ0) is 9.26. The first kappa shape index (κ1) is 8.97. The fourth-order valence-corrected chi connectivity index (χ4v) is 2.33. The summed E-state index contributed by atoms with van der Waals surface area (Å²) in [4.78, 5) is 13.4. The van der Waals surface area contributed by atoms with Crippen LogP contribution in [-0.2, 0) is 4.79 Å². The van der Waals surface area contributed by atoms with Crippen LogP contribution in [-0.4, -0.2) is 43.0 Å². The molecule has 2 aliphatic rings. The summed E-state index contributed by atoms with van der Waals surface area (Å²) >= 11 is 0. The molecular formula is C9H17N3O. The van der Waals surface area contributed by atoms with Crippen molar-refractivity contribution in [3.05, 3.63) is 0 Å². The van der Waals surface area contributed by atoms with Crippen molar-refractivity contribution >= 4 is 5.91 Å². The lowest BCUT2D eigenvalue weighted by Crippen LogP contribution is -2.56. The number of hydrogen-bond acceptors (Lipinski definition) is 3. The molecule has 1 amide bonds. The molecule has 2 unspecified atom stereocenters. The van der Waals surface area contributed by atoms with E-state index in [1.165, 1.54) is 0 Å². The number of piperidine rings is 1. The average molecular weight is 183 g/mol. The van der Waals surface area contributed by atoms with Gasteiger partial charge in [0.15, 0.2) is 0 Å².